The zero-order valence-corrected chi connectivity index (χ0v) is 31.3. The molecule has 1 aliphatic rings. The van der Waals surface area contributed by atoms with Crippen molar-refractivity contribution in [1.82, 2.24) is 19.2 Å². The van der Waals surface area contributed by atoms with Crippen molar-refractivity contribution >= 4 is 41.9 Å². The minimum atomic E-state index is -4.61. The maximum absolute atomic E-state index is 13.6. The molecule has 4 rings (SSSR count). The molecule has 0 saturated carbocycles. The third kappa shape index (κ3) is 9.05. The Labute approximate surface area is 289 Å². The Morgan fingerprint density at radius 2 is 1.61 bits per heavy atom. The van der Waals surface area contributed by atoms with E-state index >= 15 is 0 Å². The fraction of sp³-hybridized carbons (Fsp3) is 0.559. The second kappa shape index (κ2) is 15.1. The molecule has 2 amide bonds. The van der Waals surface area contributed by atoms with Gasteiger partial charge in [0.05, 0.1) is 56.6 Å². The van der Waals surface area contributed by atoms with E-state index in [-0.39, 0.29) is 19.2 Å². The van der Waals surface area contributed by atoms with Crippen LogP contribution in [0.25, 0.3) is 11.0 Å². The summed E-state index contributed by atoms with van der Waals surface area (Å²) < 4.78 is 75.4. The first kappa shape index (κ1) is 38.8. The van der Waals surface area contributed by atoms with Crippen LogP contribution in [0, 0.1) is 0 Å². The summed E-state index contributed by atoms with van der Waals surface area (Å²) >= 11 is 0. The third-order valence-corrected chi connectivity index (χ3v) is 11.6. The van der Waals surface area contributed by atoms with Crippen LogP contribution in [0.2, 0.25) is 25.7 Å². The molecule has 1 N–H and O–H groups in total. The highest BCUT2D eigenvalue weighted by Gasteiger charge is 2.42. The largest absolute Gasteiger partial charge is 0.414 e. The van der Waals surface area contributed by atoms with Crippen LogP contribution in [0.15, 0.2) is 42.5 Å². The molecule has 0 spiro atoms. The lowest BCUT2D eigenvalue weighted by Gasteiger charge is -2.31. The molecule has 2 aromatic carbocycles. The van der Waals surface area contributed by atoms with E-state index in [1.54, 1.807) is 67.8 Å². The van der Waals surface area contributed by atoms with Crippen LogP contribution in [0.5, 0.6) is 0 Å². The summed E-state index contributed by atoms with van der Waals surface area (Å²) in [5.74, 6) is -0.612. The van der Waals surface area contributed by atoms with Gasteiger partial charge in [0.25, 0.3) is 11.8 Å². The number of halogens is 3. The Morgan fingerprint density at radius 3 is 2.14 bits per heavy atom. The summed E-state index contributed by atoms with van der Waals surface area (Å²) in [7, 11) is -1.70. The Kier molecular flexibility index (Phi) is 12.0. The van der Waals surface area contributed by atoms with Crippen molar-refractivity contribution in [3.63, 3.8) is 0 Å². The fourth-order valence-corrected chi connectivity index (χ4v) is 7.01. The number of carbonyl (C=O) groups is 2. The number of imide groups is 1. The first-order chi connectivity index (χ1) is 22.7. The lowest BCUT2D eigenvalue weighted by Crippen LogP contribution is -2.43. The van der Waals surface area contributed by atoms with Gasteiger partial charge in [-0.3, -0.25) is 14.5 Å². The molecule has 0 aliphatic carbocycles. The van der Waals surface area contributed by atoms with Gasteiger partial charge >= 0.3 is 6.18 Å². The Hall–Kier alpha value is -2.95. The first-order valence-electron chi connectivity index (χ1n) is 16.2. The number of ether oxygens (including phenoxy) is 3. The monoisotopic (exact) mass is 724 g/mol. The lowest BCUT2D eigenvalue weighted by atomic mass is 10.0. The molecular formula is C34H47F3N4O6SSi. The molecule has 0 radical (unpaired) electrons. The van der Waals surface area contributed by atoms with Gasteiger partial charge < -0.3 is 18.8 Å². The summed E-state index contributed by atoms with van der Waals surface area (Å²) in [5.41, 5.74) is 2.22. The van der Waals surface area contributed by atoms with E-state index in [0.29, 0.717) is 34.3 Å². The average molecular weight is 725 g/mol. The Balaban J connectivity index is 1.84. The van der Waals surface area contributed by atoms with Gasteiger partial charge in [-0.15, -0.1) is 0 Å². The van der Waals surface area contributed by atoms with Gasteiger partial charge in [-0.1, -0.05) is 37.8 Å². The molecule has 0 saturated heterocycles. The van der Waals surface area contributed by atoms with Gasteiger partial charge in [-0.2, -0.15) is 13.2 Å². The Bertz CT molecular complexity index is 1650. The minimum Gasteiger partial charge on any atom is -0.382 e. The van der Waals surface area contributed by atoms with E-state index in [9.17, 15) is 27.0 Å². The fourth-order valence-electron chi connectivity index (χ4n) is 5.37. The number of aromatic nitrogens is 2. The number of nitrogens with one attached hydrogen (secondary N) is 1. The highest BCUT2D eigenvalue weighted by Crippen LogP contribution is 2.35. The first-order valence-corrected chi connectivity index (χ1v) is 21.0. The third-order valence-electron chi connectivity index (χ3n) is 8.28. The van der Waals surface area contributed by atoms with Gasteiger partial charge in [0.1, 0.15) is 18.6 Å². The molecule has 0 fully saturated rings. The van der Waals surface area contributed by atoms with Crippen molar-refractivity contribution in [2.24, 2.45) is 0 Å². The number of nitrogens with zero attached hydrogens (tertiary/aromatic N) is 3. The number of methoxy groups -OCH3 is 1. The zero-order valence-electron chi connectivity index (χ0n) is 29.5. The second-order valence-electron chi connectivity index (χ2n) is 14.5. The van der Waals surface area contributed by atoms with E-state index in [1.807, 2.05) is 0 Å². The number of alkyl halides is 3. The van der Waals surface area contributed by atoms with E-state index in [2.05, 4.69) is 24.4 Å². The second-order valence-corrected chi connectivity index (χ2v) is 22.1. The van der Waals surface area contributed by atoms with Crippen molar-refractivity contribution in [1.29, 1.82) is 0 Å². The van der Waals surface area contributed by atoms with Crippen LogP contribution in [-0.2, 0) is 31.9 Å². The molecule has 15 heteroatoms. The van der Waals surface area contributed by atoms with Crippen molar-refractivity contribution < 1.29 is 41.2 Å². The van der Waals surface area contributed by atoms with Crippen molar-refractivity contribution in [3.8, 4) is 0 Å². The van der Waals surface area contributed by atoms with Gasteiger partial charge in [-0.25, -0.2) is 13.9 Å². The normalized spacial score (nSPS) is 17.3. The maximum Gasteiger partial charge on any atom is 0.414 e. The number of hydrogen-bond donors (Lipinski definition) is 1. The molecule has 2 heterocycles. The summed E-state index contributed by atoms with van der Waals surface area (Å²) in [6.45, 7) is 14.8. The Morgan fingerprint density at radius 1 is 1.00 bits per heavy atom. The highest BCUT2D eigenvalue weighted by atomic mass is 32.2. The number of benzene rings is 2. The number of rotatable bonds is 15. The molecule has 1 aliphatic heterocycles. The summed E-state index contributed by atoms with van der Waals surface area (Å²) in [5, 5.41) is 0. The summed E-state index contributed by atoms with van der Waals surface area (Å²) in [4.78, 5) is 33.0. The molecule has 3 aromatic rings. The van der Waals surface area contributed by atoms with Gasteiger partial charge in [0, 0.05) is 21.8 Å². The predicted octanol–water partition coefficient (Wildman–Crippen LogP) is 6.78. The quantitative estimate of drug-likeness (QED) is 0.105. The number of hydrogen-bond acceptors (Lipinski definition) is 7. The minimum absolute atomic E-state index is 0.0103. The summed E-state index contributed by atoms with van der Waals surface area (Å²) in [6, 6.07) is 10.9. The SMILES string of the molecule is COC[C@H](c1ccc2nc([C@@H](N[S@](=O)C(C)(C)C)[C@@H](C)O[C@@H](C)C(F)(F)F)n(COCC[Si](C)(C)C)c2c1)N1C(=O)c2ccccc2C1=O. The average Bonchev–Trinajstić information content (AvgIpc) is 3.48. The topological polar surface area (TPSA) is 112 Å². The van der Waals surface area contributed by atoms with Crippen molar-refractivity contribution in [3.05, 3.63) is 65.0 Å². The standard InChI is InChI=1S/C34H47F3N4O6SSi/c1-21(47-22(2)34(35,36)37)29(39-48(44)33(3,4)5)30-38-26-15-14-23(18-27(26)40(30)20-46-16-17-49(7,8)9)28(19-45-6)41-31(42)24-12-10-11-13-25(24)32(41)43/h10-15,18,21-22,28-29,39H,16-17,19-20H2,1-9H3/t21-,22+,28-,29+,48-/m1/s1. The smallest absolute Gasteiger partial charge is 0.382 e. The predicted molar refractivity (Wildman–Crippen MR) is 185 cm³/mol. The highest BCUT2D eigenvalue weighted by molar-refractivity contribution is 7.84. The number of fused-ring (bicyclic) bond motifs is 2. The van der Waals surface area contributed by atoms with Crippen LogP contribution < -0.4 is 4.72 Å². The number of imidazole rings is 1. The van der Waals surface area contributed by atoms with E-state index in [0.717, 1.165) is 13.0 Å². The van der Waals surface area contributed by atoms with Crippen molar-refractivity contribution in [2.45, 2.75) is 102 Å². The van der Waals surface area contributed by atoms with Crippen molar-refractivity contribution in [2.75, 3.05) is 20.3 Å². The number of amides is 2. The van der Waals surface area contributed by atoms with E-state index in [4.69, 9.17) is 19.2 Å². The molecule has 10 nitrogen and oxygen atoms in total. The van der Waals surface area contributed by atoms with Gasteiger partial charge in [-0.05, 0) is 70.5 Å². The van der Waals surface area contributed by atoms with E-state index in [1.165, 1.54) is 18.9 Å². The molecule has 270 valence electrons. The van der Waals surface area contributed by atoms with Crippen LogP contribution in [-0.4, -0.2) is 82.0 Å². The molecule has 5 atom stereocenters. The lowest BCUT2D eigenvalue weighted by molar-refractivity contribution is -0.227. The van der Waals surface area contributed by atoms with Gasteiger partial charge in [0.2, 0.25) is 0 Å². The van der Waals surface area contributed by atoms with Gasteiger partial charge in [0.15, 0.2) is 6.10 Å². The van der Waals surface area contributed by atoms with Crippen LogP contribution in [0.1, 0.15) is 78.8 Å². The van der Waals surface area contributed by atoms with E-state index < -0.39 is 66.1 Å². The molecule has 49 heavy (non-hydrogen) atoms. The molecule has 0 bridgehead atoms. The maximum atomic E-state index is 13.6. The molecular weight excluding hydrogens is 678 g/mol. The molecule has 0 unspecified atom stereocenters. The van der Waals surface area contributed by atoms with Crippen LogP contribution in [0.4, 0.5) is 13.2 Å². The zero-order chi connectivity index (χ0) is 36.5. The van der Waals surface area contributed by atoms with Crippen LogP contribution in [0.3, 0.4) is 0 Å². The summed E-state index contributed by atoms with van der Waals surface area (Å²) in [6.07, 6.45) is -7.83. The van der Waals surface area contributed by atoms with Crippen LogP contribution >= 0.6 is 0 Å². The number of carbonyl (C=O) groups excluding carboxylic acids is 2. The molecule has 1 aromatic heterocycles.